The van der Waals surface area contributed by atoms with Crippen LogP contribution in [0.1, 0.15) is 18.4 Å². The van der Waals surface area contributed by atoms with Crippen molar-refractivity contribution in [2.75, 3.05) is 19.8 Å². The molecule has 2 rings (SSSR count). The highest BCUT2D eigenvalue weighted by Crippen LogP contribution is 2.23. The van der Waals surface area contributed by atoms with E-state index in [1.165, 1.54) is 6.07 Å². The van der Waals surface area contributed by atoms with Crippen molar-refractivity contribution < 1.29 is 27.4 Å². The fraction of sp³-hybridized carbons (Fsp3) is 0.533. The van der Waals surface area contributed by atoms with Gasteiger partial charge < -0.3 is 20.5 Å². The van der Waals surface area contributed by atoms with Gasteiger partial charge in [0.15, 0.2) is 6.61 Å². The molecule has 0 unspecified atom stereocenters. The molecule has 9 heteroatoms. The Labute approximate surface area is 144 Å². The van der Waals surface area contributed by atoms with Gasteiger partial charge >= 0.3 is 6.18 Å². The van der Waals surface area contributed by atoms with Crippen LogP contribution in [-0.2, 0) is 16.1 Å². The van der Waals surface area contributed by atoms with Crippen LogP contribution in [0.3, 0.4) is 0 Å². The summed E-state index contributed by atoms with van der Waals surface area (Å²) in [6, 6.07) is 6.26. The predicted octanol–water partition coefficient (Wildman–Crippen LogP) is 2.17. The maximum absolute atomic E-state index is 12.3. The van der Waals surface area contributed by atoms with Gasteiger partial charge in [-0.05, 0) is 18.9 Å². The van der Waals surface area contributed by atoms with E-state index in [-0.39, 0.29) is 30.6 Å². The van der Waals surface area contributed by atoms with Crippen molar-refractivity contribution in [3.05, 3.63) is 29.8 Å². The molecule has 0 spiro atoms. The third-order valence-corrected chi connectivity index (χ3v) is 3.64. The zero-order chi connectivity index (χ0) is 16.9. The van der Waals surface area contributed by atoms with Crippen LogP contribution >= 0.6 is 12.4 Å². The van der Waals surface area contributed by atoms with E-state index in [0.29, 0.717) is 31.6 Å². The van der Waals surface area contributed by atoms with Crippen LogP contribution in [0.5, 0.6) is 5.75 Å². The summed E-state index contributed by atoms with van der Waals surface area (Å²) >= 11 is 0. The molecule has 1 aliphatic rings. The minimum Gasteiger partial charge on any atom is -0.484 e. The van der Waals surface area contributed by atoms with E-state index in [9.17, 15) is 18.0 Å². The average Bonchev–Trinajstić information content (AvgIpc) is 2.51. The van der Waals surface area contributed by atoms with E-state index in [0.717, 1.165) is 0 Å². The summed E-state index contributed by atoms with van der Waals surface area (Å²) in [7, 11) is 0. The second-order valence-corrected chi connectivity index (χ2v) is 5.46. The molecule has 1 aliphatic heterocycles. The Morgan fingerprint density at radius 2 is 1.92 bits per heavy atom. The first-order valence-corrected chi connectivity index (χ1v) is 7.23. The van der Waals surface area contributed by atoms with E-state index in [2.05, 4.69) is 5.32 Å². The first-order chi connectivity index (χ1) is 10.8. The topological polar surface area (TPSA) is 73.6 Å². The Morgan fingerprint density at radius 1 is 1.29 bits per heavy atom. The summed E-state index contributed by atoms with van der Waals surface area (Å²) < 4.78 is 46.7. The molecule has 0 saturated carbocycles. The summed E-state index contributed by atoms with van der Waals surface area (Å²) in [6.07, 6.45) is -3.60. The van der Waals surface area contributed by atoms with Crippen molar-refractivity contribution in [2.24, 2.45) is 5.73 Å². The number of para-hydroxylation sites is 1. The standard InChI is InChI=1S/C15H19F3N2O3.ClH/c16-15(17,18)10-23-12-4-2-1-3-11(12)9-20-13(21)14(19)5-7-22-8-6-14;/h1-4H,5-10,19H2,(H,20,21);1H. The Bertz CT molecular complexity index is 549. The zero-order valence-corrected chi connectivity index (χ0v) is 13.7. The second kappa shape index (κ2) is 8.55. The summed E-state index contributed by atoms with van der Waals surface area (Å²) in [5.41, 5.74) is 5.51. The molecule has 1 heterocycles. The Morgan fingerprint density at radius 3 is 2.54 bits per heavy atom. The molecular formula is C15H20ClF3N2O3. The van der Waals surface area contributed by atoms with Gasteiger partial charge in [0.05, 0.1) is 5.54 Å². The molecule has 1 amide bonds. The predicted molar refractivity (Wildman–Crippen MR) is 84.1 cm³/mol. The maximum atomic E-state index is 12.3. The lowest BCUT2D eigenvalue weighted by Crippen LogP contribution is -2.56. The van der Waals surface area contributed by atoms with E-state index < -0.39 is 18.3 Å². The second-order valence-electron chi connectivity index (χ2n) is 5.46. The van der Waals surface area contributed by atoms with Crippen LogP contribution in [0.15, 0.2) is 24.3 Å². The third-order valence-electron chi connectivity index (χ3n) is 3.64. The quantitative estimate of drug-likeness (QED) is 0.835. The van der Waals surface area contributed by atoms with Crippen molar-refractivity contribution >= 4 is 18.3 Å². The van der Waals surface area contributed by atoms with Crippen molar-refractivity contribution in [3.63, 3.8) is 0 Å². The van der Waals surface area contributed by atoms with Gasteiger partial charge in [-0.25, -0.2) is 0 Å². The van der Waals surface area contributed by atoms with E-state index in [4.69, 9.17) is 15.2 Å². The first-order valence-electron chi connectivity index (χ1n) is 7.23. The number of ether oxygens (including phenoxy) is 2. The van der Waals surface area contributed by atoms with Gasteiger partial charge in [0.1, 0.15) is 5.75 Å². The van der Waals surface area contributed by atoms with Crippen molar-refractivity contribution in [1.29, 1.82) is 0 Å². The minimum atomic E-state index is -4.42. The normalized spacial score (nSPS) is 16.8. The van der Waals surface area contributed by atoms with Crippen LogP contribution in [-0.4, -0.2) is 37.4 Å². The smallest absolute Gasteiger partial charge is 0.422 e. The van der Waals surface area contributed by atoms with E-state index in [1.54, 1.807) is 18.2 Å². The molecule has 136 valence electrons. The van der Waals surface area contributed by atoms with Crippen LogP contribution in [0, 0.1) is 0 Å². The first kappa shape index (κ1) is 20.5. The molecular weight excluding hydrogens is 349 g/mol. The fourth-order valence-electron chi connectivity index (χ4n) is 2.26. The number of nitrogens with two attached hydrogens (primary N) is 1. The molecule has 0 aliphatic carbocycles. The van der Waals surface area contributed by atoms with Gasteiger partial charge in [-0.15, -0.1) is 12.4 Å². The lowest BCUT2D eigenvalue weighted by Gasteiger charge is -2.31. The Balaban J connectivity index is 0.00000288. The molecule has 0 aromatic heterocycles. The molecule has 1 aromatic rings. The molecule has 0 atom stereocenters. The van der Waals surface area contributed by atoms with Gasteiger partial charge in [-0.3, -0.25) is 4.79 Å². The number of halogens is 4. The summed E-state index contributed by atoms with van der Waals surface area (Å²) in [6.45, 7) is -0.507. The minimum absolute atomic E-state index is 0. The number of hydrogen-bond acceptors (Lipinski definition) is 4. The maximum Gasteiger partial charge on any atom is 0.422 e. The van der Waals surface area contributed by atoms with Crippen molar-refractivity contribution in [1.82, 2.24) is 5.32 Å². The Hall–Kier alpha value is -1.51. The highest BCUT2D eigenvalue weighted by Gasteiger charge is 2.35. The molecule has 24 heavy (non-hydrogen) atoms. The molecule has 1 saturated heterocycles. The van der Waals surface area contributed by atoms with Crippen LogP contribution < -0.4 is 15.8 Å². The fourth-order valence-corrected chi connectivity index (χ4v) is 2.26. The summed E-state index contributed by atoms with van der Waals surface area (Å²) in [5.74, 6) is -0.255. The van der Waals surface area contributed by atoms with Crippen LogP contribution in [0.25, 0.3) is 0 Å². The van der Waals surface area contributed by atoms with Crippen LogP contribution in [0.4, 0.5) is 13.2 Å². The lowest BCUT2D eigenvalue weighted by molar-refractivity contribution is -0.153. The number of carbonyl (C=O) groups is 1. The molecule has 0 radical (unpaired) electrons. The molecule has 0 bridgehead atoms. The van der Waals surface area contributed by atoms with Crippen molar-refractivity contribution in [3.8, 4) is 5.75 Å². The molecule has 1 aromatic carbocycles. The lowest BCUT2D eigenvalue weighted by atomic mass is 9.90. The number of benzene rings is 1. The number of alkyl halides is 3. The summed E-state index contributed by atoms with van der Waals surface area (Å²) in [5, 5.41) is 2.67. The number of hydrogen-bond donors (Lipinski definition) is 2. The zero-order valence-electron chi connectivity index (χ0n) is 12.9. The number of nitrogens with one attached hydrogen (secondary N) is 1. The average molecular weight is 369 g/mol. The Kier molecular flexibility index (Phi) is 7.31. The largest absolute Gasteiger partial charge is 0.484 e. The SMILES string of the molecule is Cl.NC1(C(=O)NCc2ccccc2OCC(F)(F)F)CCOCC1. The monoisotopic (exact) mass is 368 g/mol. The van der Waals surface area contributed by atoms with E-state index in [1.807, 2.05) is 0 Å². The number of amides is 1. The van der Waals surface area contributed by atoms with Crippen molar-refractivity contribution in [2.45, 2.75) is 31.1 Å². The molecule has 5 nitrogen and oxygen atoms in total. The highest BCUT2D eigenvalue weighted by molar-refractivity contribution is 5.86. The van der Waals surface area contributed by atoms with Gasteiger partial charge in [-0.2, -0.15) is 13.2 Å². The number of rotatable bonds is 5. The molecule has 1 fully saturated rings. The number of carbonyl (C=O) groups excluding carboxylic acids is 1. The highest BCUT2D eigenvalue weighted by atomic mass is 35.5. The van der Waals surface area contributed by atoms with Gasteiger partial charge in [-0.1, -0.05) is 18.2 Å². The third kappa shape index (κ3) is 5.85. The van der Waals surface area contributed by atoms with Crippen LogP contribution in [0.2, 0.25) is 0 Å². The van der Waals surface area contributed by atoms with Gasteiger partial charge in [0.25, 0.3) is 0 Å². The molecule has 3 N–H and O–H groups in total. The van der Waals surface area contributed by atoms with Gasteiger partial charge in [0.2, 0.25) is 5.91 Å². The van der Waals surface area contributed by atoms with Gasteiger partial charge in [0, 0.05) is 25.3 Å². The summed E-state index contributed by atoms with van der Waals surface area (Å²) in [4.78, 5) is 12.2. The van der Waals surface area contributed by atoms with E-state index >= 15 is 0 Å².